The summed E-state index contributed by atoms with van der Waals surface area (Å²) in [4.78, 5) is 18.2. The maximum atomic E-state index is 10.9. The average Bonchev–Trinajstić information content (AvgIpc) is 3.27. The van der Waals surface area contributed by atoms with E-state index in [4.69, 9.17) is 4.98 Å². The molecule has 1 fully saturated rings. The van der Waals surface area contributed by atoms with E-state index in [1.807, 2.05) is 66.2 Å². The van der Waals surface area contributed by atoms with Crippen molar-refractivity contribution in [2.45, 2.75) is 45.4 Å². The molecule has 1 aliphatic rings. The van der Waals surface area contributed by atoms with Crippen LogP contribution in [0.15, 0.2) is 108 Å². The Morgan fingerprint density at radius 3 is 2.72 bits per heavy atom. The van der Waals surface area contributed by atoms with Gasteiger partial charge in [0.05, 0.1) is 10.7 Å². The molecule has 1 unspecified atom stereocenters. The molecule has 43 heavy (non-hydrogen) atoms. The molecule has 0 saturated carbocycles. The Kier molecular flexibility index (Phi) is 14.1. The zero-order valence-corrected chi connectivity index (χ0v) is 27.3. The van der Waals surface area contributed by atoms with Crippen LogP contribution in [-0.2, 0) is 0 Å². The number of aldehydes is 1. The smallest absolute Gasteiger partial charge is 0.171 e. The number of nitrogens with one attached hydrogen (secondary N) is 1. The minimum absolute atomic E-state index is 0.485. The molecule has 0 aliphatic carbocycles. The van der Waals surface area contributed by atoms with Crippen LogP contribution in [0.2, 0.25) is 0 Å². The highest BCUT2D eigenvalue weighted by Gasteiger charge is 2.20. The summed E-state index contributed by atoms with van der Waals surface area (Å²) < 4.78 is 2.80. The van der Waals surface area contributed by atoms with Crippen LogP contribution in [0.1, 0.15) is 67.1 Å². The van der Waals surface area contributed by atoms with Crippen molar-refractivity contribution in [3.05, 3.63) is 125 Å². The molecule has 1 N–H and O–H groups in total. The van der Waals surface area contributed by atoms with Crippen LogP contribution in [0.5, 0.6) is 0 Å². The second-order valence-corrected chi connectivity index (χ2v) is 11.3. The lowest BCUT2D eigenvalue weighted by Gasteiger charge is -2.17. The van der Waals surface area contributed by atoms with Gasteiger partial charge in [-0.05, 0) is 85.4 Å². The van der Waals surface area contributed by atoms with Crippen LogP contribution in [0, 0.1) is 0 Å². The van der Waals surface area contributed by atoms with Gasteiger partial charge in [0.25, 0.3) is 0 Å². The third-order valence-corrected chi connectivity index (χ3v) is 7.92. The molecule has 0 amide bonds. The van der Waals surface area contributed by atoms with E-state index in [2.05, 4.69) is 82.7 Å². The lowest BCUT2D eigenvalue weighted by molar-refractivity contribution is 0.112. The summed E-state index contributed by atoms with van der Waals surface area (Å²) in [5, 5.41) is 8.03. The predicted octanol–water partition coefficient (Wildman–Crippen LogP) is 8.83. The Balaban J connectivity index is 0.000000285. The van der Waals surface area contributed by atoms with Crippen molar-refractivity contribution < 1.29 is 4.79 Å². The van der Waals surface area contributed by atoms with Gasteiger partial charge in [0.2, 0.25) is 0 Å². The Bertz CT molecular complexity index is 1500. The van der Waals surface area contributed by atoms with Crippen LogP contribution < -0.4 is 5.32 Å². The maximum absolute atomic E-state index is 10.9. The zero-order valence-electron chi connectivity index (χ0n) is 25.7. The Morgan fingerprint density at radius 2 is 2.00 bits per heavy atom. The third kappa shape index (κ3) is 9.87. The topological polar surface area (TPSA) is 62.5 Å². The quantitative estimate of drug-likeness (QED) is 0.167. The average molecular weight is 643 g/mol. The number of carbonyl (C=O) groups is 1. The van der Waals surface area contributed by atoms with Gasteiger partial charge >= 0.3 is 0 Å². The van der Waals surface area contributed by atoms with Gasteiger partial charge in [-0.15, -0.1) is 0 Å². The highest BCUT2D eigenvalue weighted by Crippen LogP contribution is 2.30. The third-order valence-electron chi connectivity index (χ3n) is 7.36. The Hall–Kier alpha value is -3.81. The maximum Gasteiger partial charge on any atom is 0.171 e. The minimum atomic E-state index is 0.485. The molecular weight excluding hydrogens is 598 g/mol. The summed E-state index contributed by atoms with van der Waals surface area (Å²) in [5.74, 6) is 1.45. The van der Waals surface area contributed by atoms with Crippen molar-refractivity contribution >= 4 is 39.3 Å². The van der Waals surface area contributed by atoms with Gasteiger partial charge in [-0.25, -0.2) is 4.98 Å². The number of benzene rings is 1. The fraction of sp³-hybridized carbons (Fsp3) is 0.306. The molecule has 4 rings (SSSR count). The molecule has 1 aromatic carbocycles. The molecule has 0 bridgehead atoms. The van der Waals surface area contributed by atoms with Gasteiger partial charge < -0.3 is 10.2 Å². The second-order valence-electron chi connectivity index (χ2n) is 10.4. The van der Waals surface area contributed by atoms with E-state index in [0.29, 0.717) is 18.0 Å². The predicted molar refractivity (Wildman–Crippen MR) is 186 cm³/mol. The first-order chi connectivity index (χ1) is 20.9. The molecule has 3 heterocycles. The number of fused-ring (bicyclic) bond motifs is 1. The number of nitrogens with zero attached hydrogens (tertiary/aromatic N) is 4. The van der Waals surface area contributed by atoms with Crippen molar-refractivity contribution in [2.24, 2.45) is 0 Å². The molecule has 1 atom stereocenters. The highest BCUT2D eigenvalue weighted by atomic mass is 79.9. The van der Waals surface area contributed by atoms with Crippen molar-refractivity contribution in [2.75, 3.05) is 32.0 Å². The first-order valence-electron chi connectivity index (χ1n) is 14.9. The molecule has 1 aliphatic heterocycles. The number of carbonyl (C=O) groups excluding carboxylic acids is 1. The second kappa shape index (κ2) is 18.0. The van der Waals surface area contributed by atoms with Gasteiger partial charge in [-0.2, -0.15) is 9.61 Å². The number of allylic oxidation sites excluding steroid dienone is 8. The van der Waals surface area contributed by atoms with E-state index in [1.54, 1.807) is 6.08 Å². The van der Waals surface area contributed by atoms with Crippen LogP contribution in [0.4, 0.5) is 5.82 Å². The molecule has 7 heteroatoms. The normalized spacial score (nSPS) is 16.6. The highest BCUT2D eigenvalue weighted by molar-refractivity contribution is 9.10. The lowest BCUT2D eigenvalue weighted by atomic mass is 9.96. The number of hydrogen-bond donors (Lipinski definition) is 1. The molecule has 1 saturated heterocycles. The largest absolute Gasteiger partial charge is 0.366 e. The van der Waals surface area contributed by atoms with Gasteiger partial charge in [0.15, 0.2) is 11.9 Å². The summed E-state index contributed by atoms with van der Waals surface area (Å²) >= 11 is 3.60. The zero-order chi connectivity index (χ0) is 31.0. The van der Waals surface area contributed by atoms with E-state index < -0.39 is 0 Å². The molecule has 2 aromatic heterocycles. The summed E-state index contributed by atoms with van der Waals surface area (Å²) in [7, 11) is 2.20. The minimum Gasteiger partial charge on any atom is -0.366 e. The number of likely N-dealkylation sites (tertiary alicyclic amines) is 1. The fourth-order valence-corrected chi connectivity index (χ4v) is 5.27. The first-order valence-corrected chi connectivity index (χ1v) is 15.7. The summed E-state index contributed by atoms with van der Waals surface area (Å²) in [6.45, 7) is 14.6. The van der Waals surface area contributed by atoms with Crippen molar-refractivity contribution in [3.63, 3.8) is 0 Å². The lowest BCUT2D eigenvalue weighted by Crippen LogP contribution is -2.18. The summed E-state index contributed by atoms with van der Waals surface area (Å²) in [6, 6.07) is 9.70. The van der Waals surface area contributed by atoms with E-state index in [-0.39, 0.29) is 0 Å². The van der Waals surface area contributed by atoms with E-state index in [1.165, 1.54) is 19.4 Å². The van der Waals surface area contributed by atoms with Crippen LogP contribution >= 0.6 is 15.9 Å². The van der Waals surface area contributed by atoms with E-state index in [0.717, 1.165) is 64.0 Å². The molecule has 226 valence electrons. The van der Waals surface area contributed by atoms with Crippen LogP contribution in [0.3, 0.4) is 0 Å². The number of anilines is 1. The van der Waals surface area contributed by atoms with Crippen molar-refractivity contribution in [1.82, 2.24) is 19.5 Å². The van der Waals surface area contributed by atoms with Crippen LogP contribution in [0.25, 0.3) is 11.2 Å². The Morgan fingerprint density at radius 1 is 1.19 bits per heavy atom. The standard InChI is InChI=1S/C22H30BrN5.C14H14O/c1-4-6-7-9-17(5-2)15-24-21-14-20(18-10-8-12-27(3)13-11-18)26-22-19(23)16-25-28(21)22;1-3-5-8-12(4-2)14-10-7-6-9-13(14)11-15/h5-7,9,14,16,18,24H,2,4,8,10-13,15H2,1,3H3;3-11H,1H2,2H3/b7-6-,17-9+;8-5-,12-4+. The van der Waals surface area contributed by atoms with Gasteiger partial charge in [0, 0.05) is 29.8 Å². The van der Waals surface area contributed by atoms with E-state index in [9.17, 15) is 4.79 Å². The number of hydrogen-bond acceptors (Lipinski definition) is 5. The summed E-state index contributed by atoms with van der Waals surface area (Å²) in [5.41, 5.74) is 5.85. The van der Waals surface area contributed by atoms with Crippen LogP contribution in [-0.4, -0.2) is 52.5 Å². The molecule has 3 aromatic rings. The fourth-order valence-electron chi connectivity index (χ4n) is 4.92. The van der Waals surface area contributed by atoms with Gasteiger partial charge in [0.1, 0.15) is 5.82 Å². The monoisotopic (exact) mass is 641 g/mol. The molecule has 0 spiro atoms. The SMILES string of the molecule is C=C/C(=C\C=C/CC)CNc1cc(C2CCCN(C)CC2)nc2c(Br)cnn12.C=C/C=C\C(=C/C)c1ccccc1C=O. The van der Waals surface area contributed by atoms with Gasteiger partial charge in [-0.3, -0.25) is 4.79 Å². The number of aromatic nitrogens is 3. The molecular formula is C36H44BrN5O. The van der Waals surface area contributed by atoms with Crippen molar-refractivity contribution in [3.8, 4) is 0 Å². The Labute approximate surface area is 265 Å². The molecule has 0 radical (unpaired) electrons. The number of halogens is 1. The summed E-state index contributed by atoms with van der Waals surface area (Å²) in [6.07, 6.45) is 23.0. The number of rotatable bonds is 11. The molecule has 6 nitrogen and oxygen atoms in total. The van der Waals surface area contributed by atoms with E-state index >= 15 is 0 Å². The first kappa shape index (κ1) is 33.7. The van der Waals surface area contributed by atoms with Gasteiger partial charge in [-0.1, -0.05) is 93.0 Å². The van der Waals surface area contributed by atoms with Crippen molar-refractivity contribution in [1.29, 1.82) is 0 Å².